The van der Waals surface area contributed by atoms with E-state index in [-0.39, 0.29) is 11.9 Å². The van der Waals surface area contributed by atoms with Gasteiger partial charge in [-0.1, -0.05) is 44.2 Å². The van der Waals surface area contributed by atoms with Crippen LogP contribution >= 0.6 is 18.7 Å². The molecule has 1 aromatic heterocycles. The third-order valence-corrected chi connectivity index (χ3v) is 8.02. The fourth-order valence-corrected chi connectivity index (χ4v) is 5.32. The second-order valence-corrected chi connectivity index (χ2v) is 12.8. The molecule has 0 aliphatic carbocycles. The van der Waals surface area contributed by atoms with Gasteiger partial charge in [0.1, 0.15) is 17.9 Å². The lowest BCUT2D eigenvalue weighted by Crippen LogP contribution is -2.25. The van der Waals surface area contributed by atoms with Crippen molar-refractivity contribution in [1.82, 2.24) is 14.9 Å². The van der Waals surface area contributed by atoms with Crippen LogP contribution in [0.1, 0.15) is 19.4 Å². The van der Waals surface area contributed by atoms with Crippen molar-refractivity contribution in [2.75, 3.05) is 56.0 Å². The van der Waals surface area contributed by atoms with E-state index in [1.165, 1.54) is 12.3 Å². The molecule has 208 valence electrons. The van der Waals surface area contributed by atoms with E-state index in [1.807, 2.05) is 30.3 Å². The van der Waals surface area contributed by atoms with Crippen molar-refractivity contribution in [2.45, 2.75) is 20.3 Å². The van der Waals surface area contributed by atoms with Crippen LogP contribution in [0.2, 0.25) is 5.02 Å². The predicted molar refractivity (Wildman–Crippen MR) is 162 cm³/mol. The molecule has 2 aromatic carbocycles. The Morgan fingerprint density at radius 1 is 1.13 bits per heavy atom. The molecule has 0 spiro atoms. The normalized spacial score (nSPS) is 11.3. The predicted octanol–water partition coefficient (Wildman–Crippen LogP) is 5.88. The summed E-state index contributed by atoms with van der Waals surface area (Å²) in [4.78, 5) is 23.4. The van der Waals surface area contributed by atoms with Gasteiger partial charge in [-0.05, 0) is 68.7 Å². The number of halogens is 1. The van der Waals surface area contributed by atoms with Gasteiger partial charge in [-0.25, -0.2) is 4.98 Å². The zero-order valence-electron chi connectivity index (χ0n) is 23.0. The Morgan fingerprint density at radius 2 is 1.85 bits per heavy atom. The van der Waals surface area contributed by atoms with Gasteiger partial charge >= 0.3 is 0 Å². The minimum atomic E-state index is -2.55. The summed E-state index contributed by atoms with van der Waals surface area (Å²) >= 11 is 6.41. The number of nitrogens with one attached hydrogen (secondary N) is 3. The van der Waals surface area contributed by atoms with Crippen LogP contribution < -0.4 is 26.0 Å². The fourth-order valence-electron chi connectivity index (χ4n) is 4.03. The minimum Gasteiger partial charge on any atom is -0.495 e. The second kappa shape index (κ2) is 13.6. The molecule has 1 amide bonds. The topological polar surface area (TPSA) is 108 Å². The number of carbonyl (C=O) groups excluding carboxylic acids is 1. The zero-order chi connectivity index (χ0) is 28.6. The first-order valence-corrected chi connectivity index (χ1v) is 15.6. The third kappa shape index (κ3) is 8.05. The van der Waals surface area contributed by atoms with Gasteiger partial charge in [-0.15, -0.1) is 0 Å². The van der Waals surface area contributed by atoms with Crippen LogP contribution in [0, 0.1) is 0 Å². The van der Waals surface area contributed by atoms with Crippen LogP contribution in [0.3, 0.4) is 0 Å². The summed E-state index contributed by atoms with van der Waals surface area (Å²) in [6, 6.07) is 11.0. The van der Waals surface area contributed by atoms with Crippen molar-refractivity contribution >= 4 is 58.8 Å². The minimum absolute atomic E-state index is 0.255. The smallest absolute Gasteiger partial charge is 0.247 e. The number of benzene rings is 2. The number of ether oxygens (including phenoxy) is 1. The SMILES string of the molecule is C=CC(=O)Nc1cc(Nc2ncc(Cl)c(Nc3ccccc3P(C)(C)=O)n2)c(OC)cc1CCN(CC)CC. The van der Waals surface area contributed by atoms with E-state index in [1.54, 1.807) is 26.5 Å². The molecule has 0 bridgehead atoms. The molecule has 0 aliphatic rings. The summed E-state index contributed by atoms with van der Waals surface area (Å²) in [5.41, 5.74) is 2.78. The van der Waals surface area contributed by atoms with Crippen LogP contribution in [-0.4, -0.2) is 60.8 Å². The van der Waals surface area contributed by atoms with Crippen molar-refractivity contribution in [3.63, 3.8) is 0 Å². The van der Waals surface area contributed by atoms with Gasteiger partial charge in [0.25, 0.3) is 0 Å². The maximum Gasteiger partial charge on any atom is 0.247 e. The van der Waals surface area contributed by atoms with Crippen LogP contribution in [0.25, 0.3) is 0 Å². The molecule has 3 aromatic rings. The quantitative estimate of drug-likeness (QED) is 0.173. The number of likely N-dealkylation sites (N-methyl/N-ethyl adjacent to an activating group) is 1. The Morgan fingerprint density at radius 3 is 2.49 bits per heavy atom. The van der Waals surface area contributed by atoms with Crippen molar-refractivity contribution in [2.24, 2.45) is 0 Å². The van der Waals surface area contributed by atoms with Gasteiger partial charge in [0, 0.05) is 17.5 Å². The number of para-hydroxylation sites is 1. The van der Waals surface area contributed by atoms with Gasteiger partial charge in [-0.2, -0.15) is 4.98 Å². The Hall–Kier alpha value is -3.39. The van der Waals surface area contributed by atoms with Crippen LogP contribution in [-0.2, 0) is 15.8 Å². The first kappa shape index (κ1) is 30.2. The highest BCUT2D eigenvalue weighted by atomic mass is 35.5. The lowest BCUT2D eigenvalue weighted by molar-refractivity contribution is -0.111. The average molecular weight is 571 g/mol. The number of hydrogen-bond donors (Lipinski definition) is 3. The number of carbonyl (C=O) groups is 1. The van der Waals surface area contributed by atoms with Gasteiger partial charge in [-0.3, -0.25) is 4.79 Å². The van der Waals surface area contributed by atoms with Crippen LogP contribution in [0.4, 0.5) is 28.8 Å². The molecule has 0 unspecified atom stereocenters. The van der Waals surface area contributed by atoms with E-state index < -0.39 is 7.14 Å². The van der Waals surface area contributed by atoms with E-state index in [2.05, 4.69) is 51.2 Å². The molecule has 1 heterocycles. The summed E-state index contributed by atoms with van der Waals surface area (Å²) < 4.78 is 18.5. The first-order valence-electron chi connectivity index (χ1n) is 12.7. The summed E-state index contributed by atoms with van der Waals surface area (Å²) in [5.74, 6) is 0.862. The van der Waals surface area contributed by atoms with E-state index in [0.717, 1.165) is 25.2 Å². The van der Waals surface area contributed by atoms with Gasteiger partial charge < -0.3 is 30.2 Å². The molecule has 0 fully saturated rings. The molecule has 11 heteroatoms. The van der Waals surface area contributed by atoms with Crippen LogP contribution in [0.5, 0.6) is 5.75 Å². The lowest BCUT2D eigenvalue weighted by Gasteiger charge is -2.21. The van der Waals surface area contributed by atoms with Gasteiger partial charge in [0.2, 0.25) is 11.9 Å². The van der Waals surface area contributed by atoms with E-state index >= 15 is 0 Å². The number of rotatable bonds is 13. The van der Waals surface area contributed by atoms with Crippen molar-refractivity contribution < 1.29 is 14.1 Å². The highest BCUT2D eigenvalue weighted by Gasteiger charge is 2.18. The summed E-state index contributed by atoms with van der Waals surface area (Å²) in [7, 11) is -0.972. The first-order chi connectivity index (χ1) is 18.6. The number of nitrogens with zero attached hydrogens (tertiary/aromatic N) is 3. The number of methoxy groups -OCH3 is 1. The van der Waals surface area contributed by atoms with Crippen molar-refractivity contribution in [1.29, 1.82) is 0 Å². The van der Waals surface area contributed by atoms with Crippen molar-refractivity contribution in [3.8, 4) is 5.75 Å². The van der Waals surface area contributed by atoms with Gasteiger partial charge in [0.15, 0.2) is 5.82 Å². The summed E-state index contributed by atoms with van der Waals surface area (Å²) in [5, 5.41) is 10.3. The van der Waals surface area contributed by atoms with E-state index in [4.69, 9.17) is 16.3 Å². The Balaban J connectivity index is 1.96. The van der Waals surface area contributed by atoms with Crippen molar-refractivity contribution in [3.05, 3.63) is 65.8 Å². The highest BCUT2D eigenvalue weighted by molar-refractivity contribution is 7.70. The molecule has 0 saturated heterocycles. The molecule has 39 heavy (non-hydrogen) atoms. The number of hydrogen-bond acceptors (Lipinski definition) is 8. The Labute approximate surface area is 235 Å². The molecule has 9 nitrogen and oxygen atoms in total. The highest BCUT2D eigenvalue weighted by Crippen LogP contribution is 2.39. The molecule has 0 aliphatic heterocycles. The summed E-state index contributed by atoms with van der Waals surface area (Å²) in [6.07, 6.45) is 3.43. The monoisotopic (exact) mass is 570 g/mol. The van der Waals surface area contributed by atoms with E-state index in [0.29, 0.717) is 45.4 Å². The molecular formula is C28H36ClN6O3P. The average Bonchev–Trinajstić information content (AvgIpc) is 2.91. The van der Waals surface area contributed by atoms with Gasteiger partial charge in [0.05, 0.1) is 24.7 Å². The number of anilines is 5. The molecule has 0 radical (unpaired) electrons. The maximum absolute atomic E-state index is 12.8. The summed E-state index contributed by atoms with van der Waals surface area (Å²) in [6.45, 7) is 13.9. The second-order valence-electron chi connectivity index (χ2n) is 9.19. The molecule has 0 atom stereocenters. The molecular weight excluding hydrogens is 535 g/mol. The van der Waals surface area contributed by atoms with E-state index in [9.17, 15) is 9.36 Å². The number of aromatic nitrogens is 2. The third-order valence-electron chi connectivity index (χ3n) is 6.19. The largest absolute Gasteiger partial charge is 0.495 e. The fraction of sp³-hybridized carbons (Fsp3) is 0.321. The maximum atomic E-state index is 12.8. The lowest BCUT2D eigenvalue weighted by atomic mass is 10.1. The zero-order valence-corrected chi connectivity index (χ0v) is 24.7. The molecule has 3 N–H and O–H groups in total. The molecule has 0 saturated carbocycles. The Kier molecular flexibility index (Phi) is 10.5. The van der Waals surface area contributed by atoms with Crippen LogP contribution in [0.15, 0.2) is 55.3 Å². The molecule has 3 rings (SSSR count). The Bertz CT molecular complexity index is 1370. The number of amides is 1. The standard InChI is InChI=1S/C28H36ClN6O3P/c1-7-26(36)31-22-17-23(24(38-4)16-19(22)14-15-35(8-2)9-3)33-28-30-18-20(29)27(34-28)32-21-12-10-11-13-25(21)39(5,6)37/h7,10-13,16-18H,1,8-9,14-15H2,2-6H3,(H,31,36)(H2,30,32,33,34).